The third-order valence-electron chi connectivity index (χ3n) is 1.82. The lowest BCUT2D eigenvalue weighted by Gasteiger charge is -1.98. The minimum atomic E-state index is -0.652. The minimum absolute atomic E-state index is 0.147. The fourth-order valence-electron chi connectivity index (χ4n) is 1.17. The second-order valence-electron chi connectivity index (χ2n) is 2.68. The van der Waals surface area contributed by atoms with Crippen LogP contribution in [-0.2, 0) is 0 Å². The topological polar surface area (TPSA) is 102 Å². The molecule has 0 aromatic carbocycles. The number of rotatable bonds is 1. The highest BCUT2D eigenvalue weighted by molar-refractivity contribution is 6.03. The van der Waals surface area contributed by atoms with Crippen LogP contribution in [0.15, 0.2) is 23.5 Å². The van der Waals surface area contributed by atoms with Crippen LogP contribution >= 0.6 is 0 Å². The molecule has 14 heavy (non-hydrogen) atoms. The number of primary amides is 1. The van der Waals surface area contributed by atoms with Crippen LogP contribution in [0.25, 0.3) is 10.9 Å². The molecule has 0 radical (unpaired) electrons. The number of nitrogens with zero attached hydrogens (tertiary/aromatic N) is 2. The average molecular weight is 190 g/mol. The van der Waals surface area contributed by atoms with Crippen molar-refractivity contribution in [3.8, 4) is 0 Å². The molecule has 70 valence electrons. The van der Waals surface area contributed by atoms with E-state index in [1.807, 2.05) is 0 Å². The Morgan fingerprint density at radius 3 is 2.93 bits per heavy atom. The van der Waals surface area contributed by atoms with Gasteiger partial charge in [0.25, 0.3) is 11.5 Å². The first-order valence-corrected chi connectivity index (χ1v) is 3.81. The van der Waals surface area contributed by atoms with Gasteiger partial charge in [0.1, 0.15) is 0 Å². The van der Waals surface area contributed by atoms with Gasteiger partial charge in [-0.25, -0.2) is 4.98 Å². The third-order valence-corrected chi connectivity index (χ3v) is 1.82. The Balaban J connectivity index is 2.95. The molecule has 1 amide bonds. The number of hydrogen-bond donors (Lipinski definition) is 2. The van der Waals surface area contributed by atoms with Crippen LogP contribution in [-0.4, -0.2) is 20.9 Å². The molecule has 3 N–H and O–H groups in total. The van der Waals surface area contributed by atoms with Crippen molar-refractivity contribution in [2.75, 3.05) is 0 Å². The van der Waals surface area contributed by atoms with E-state index in [1.54, 1.807) is 0 Å². The second-order valence-corrected chi connectivity index (χ2v) is 2.68. The van der Waals surface area contributed by atoms with Crippen LogP contribution in [0.1, 0.15) is 10.4 Å². The van der Waals surface area contributed by atoms with Crippen LogP contribution in [0.3, 0.4) is 0 Å². The largest absolute Gasteiger partial charge is 0.365 e. The number of aromatic nitrogens is 3. The Morgan fingerprint density at radius 2 is 2.21 bits per heavy atom. The van der Waals surface area contributed by atoms with E-state index in [0.717, 1.165) is 0 Å². The summed E-state index contributed by atoms with van der Waals surface area (Å²) in [7, 11) is 0. The van der Waals surface area contributed by atoms with E-state index in [1.165, 1.54) is 18.7 Å². The molecule has 0 saturated heterocycles. The molecule has 0 aliphatic heterocycles. The summed E-state index contributed by atoms with van der Waals surface area (Å²) in [5, 5.41) is 0.254. The summed E-state index contributed by atoms with van der Waals surface area (Å²) < 4.78 is 0. The lowest BCUT2D eigenvalue weighted by Crippen LogP contribution is -2.15. The Morgan fingerprint density at radius 1 is 1.43 bits per heavy atom. The van der Waals surface area contributed by atoms with Gasteiger partial charge in [-0.2, -0.15) is 0 Å². The maximum Gasteiger partial charge on any atom is 0.260 e. The van der Waals surface area contributed by atoms with Crippen molar-refractivity contribution in [3.05, 3.63) is 34.6 Å². The van der Waals surface area contributed by atoms with Gasteiger partial charge in [0, 0.05) is 12.4 Å². The number of fused-ring (bicyclic) bond motifs is 1. The minimum Gasteiger partial charge on any atom is -0.365 e. The molecule has 2 rings (SSSR count). The number of hydrogen-bond acceptors (Lipinski definition) is 4. The lowest BCUT2D eigenvalue weighted by atomic mass is 10.2. The number of amides is 1. The zero-order valence-corrected chi connectivity index (χ0v) is 7.02. The van der Waals surface area contributed by atoms with Gasteiger partial charge >= 0.3 is 0 Å². The van der Waals surface area contributed by atoms with Crippen molar-refractivity contribution in [1.82, 2.24) is 15.0 Å². The van der Waals surface area contributed by atoms with Gasteiger partial charge < -0.3 is 10.7 Å². The van der Waals surface area contributed by atoms with Gasteiger partial charge in [0.2, 0.25) is 0 Å². The quantitative estimate of drug-likeness (QED) is 0.627. The number of H-pyrrole nitrogens is 1. The number of aromatic amines is 1. The van der Waals surface area contributed by atoms with E-state index >= 15 is 0 Å². The Bertz CT molecular complexity index is 561. The highest BCUT2D eigenvalue weighted by Gasteiger charge is 2.09. The fourth-order valence-corrected chi connectivity index (χ4v) is 1.17. The number of nitrogens with one attached hydrogen (secondary N) is 1. The maximum absolute atomic E-state index is 11.3. The summed E-state index contributed by atoms with van der Waals surface area (Å²) in [6.45, 7) is 0. The number of carbonyl (C=O) groups excluding carboxylic acids is 1. The smallest absolute Gasteiger partial charge is 0.260 e. The van der Waals surface area contributed by atoms with Crippen LogP contribution in [0.4, 0.5) is 0 Å². The molecule has 0 fully saturated rings. The highest BCUT2D eigenvalue weighted by atomic mass is 16.1. The molecule has 2 heterocycles. The lowest BCUT2D eigenvalue weighted by molar-refractivity contribution is 0.100. The molecule has 2 aromatic heterocycles. The summed E-state index contributed by atoms with van der Waals surface area (Å²) in [6, 6.07) is 0. The normalized spacial score (nSPS) is 10.3. The Hall–Kier alpha value is -2.24. The molecule has 0 aliphatic rings. The highest BCUT2D eigenvalue weighted by Crippen LogP contribution is 2.08. The number of pyridine rings is 1. The summed E-state index contributed by atoms with van der Waals surface area (Å²) in [6.07, 6.45) is 3.85. The molecular weight excluding hydrogens is 184 g/mol. The molecular formula is C8H6N4O2. The zero-order chi connectivity index (χ0) is 10.1. The van der Waals surface area contributed by atoms with E-state index in [2.05, 4.69) is 15.0 Å². The molecule has 0 unspecified atom stereocenters. The van der Waals surface area contributed by atoms with E-state index in [4.69, 9.17) is 5.73 Å². The summed E-state index contributed by atoms with van der Waals surface area (Å²) in [5.41, 5.74) is 5.18. The standard InChI is InChI=1S/C8H6N4O2/c9-7(13)4-1-10-2-5-6(4)11-3-12-8(5)14/h1-3H,(H2,9,13)(H,11,12,14). The Labute approximate surface area is 77.8 Å². The Kier molecular flexibility index (Phi) is 1.74. The van der Waals surface area contributed by atoms with Crippen LogP contribution in [0, 0.1) is 0 Å². The first-order chi connectivity index (χ1) is 6.70. The summed E-state index contributed by atoms with van der Waals surface area (Å²) in [4.78, 5) is 32.2. The maximum atomic E-state index is 11.3. The molecule has 6 heteroatoms. The third kappa shape index (κ3) is 1.13. The molecule has 0 atom stereocenters. The predicted molar refractivity (Wildman–Crippen MR) is 48.7 cm³/mol. The van der Waals surface area contributed by atoms with Crippen LogP contribution in [0.2, 0.25) is 0 Å². The second kappa shape index (κ2) is 2.91. The SMILES string of the molecule is NC(=O)c1cncc2c(=O)[nH]cnc12. The van der Waals surface area contributed by atoms with E-state index in [-0.39, 0.29) is 22.0 Å². The van der Waals surface area contributed by atoms with Gasteiger partial charge in [0.15, 0.2) is 0 Å². The molecule has 0 saturated carbocycles. The molecule has 0 aliphatic carbocycles. The van der Waals surface area contributed by atoms with Gasteiger partial charge in [-0.1, -0.05) is 0 Å². The average Bonchev–Trinajstić information content (AvgIpc) is 2.17. The van der Waals surface area contributed by atoms with Crippen LogP contribution in [0.5, 0.6) is 0 Å². The first-order valence-electron chi connectivity index (χ1n) is 3.81. The van der Waals surface area contributed by atoms with Gasteiger partial charge in [-0.15, -0.1) is 0 Å². The van der Waals surface area contributed by atoms with E-state index in [9.17, 15) is 9.59 Å². The predicted octanol–water partition coefficient (Wildman–Crippen LogP) is -0.583. The molecule has 6 nitrogen and oxygen atoms in total. The van der Waals surface area contributed by atoms with Gasteiger partial charge in [0.05, 0.1) is 22.8 Å². The number of nitrogens with two attached hydrogens (primary N) is 1. The molecule has 0 bridgehead atoms. The molecule has 2 aromatic rings. The van der Waals surface area contributed by atoms with Crippen molar-refractivity contribution in [2.45, 2.75) is 0 Å². The van der Waals surface area contributed by atoms with E-state index < -0.39 is 5.91 Å². The van der Waals surface area contributed by atoms with Crippen molar-refractivity contribution in [2.24, 2.45) is 5.73 Å². The van der Waals surface area contributed by atoms with Gasteiger partial charge in [-0.3, -0.25) is 14.6 Å². The summed E-state index contributed by atoms with van der Waals surface area (Å²) in [5.74, 6) is -0.652. The number of carbonyl (C=O) groups is 1. The van der Waals surface area contributed by atoms with Crippen molar-refractivity contribution in [1.29, 1.82) is 0 Å². The van der Waals surface area contributed by atoms with Gasteiger partial charge in [-0.05, 0) is 0 Å². The summed E-state index contributed by atoms with van der Waals surface area (Å²) >= 11 is 0. The van der Waals surface area contributed by atoms with Crippen LogP contribution < -0.4 is 11.3 Å². The zero-order valence-electron chi connectivity index (χ0n) is 7.02. The first kappa shape index (κ1) is 8.36. The van der Waals surface area contributed by atoms with E-state index in [0.29, 0.717) is 0 Å². The molecule has 0 spiro atoms. The monoisotopic (exact) mass is 190 g/mol. The van der Waals surface area contributed by atoms with Crippen molar-refractivity contribution >= 4 is 16.8 Å². The van der Waals surface area contributed by atoms with Crippen molar-refractivity contribution in [3.63, 3.8) is 0 Å². The van der Waals surface area contributed by atoms with Crippen molar-refractivity contribution < 1.29 is 4.79 Å². The fraction of sp³-hybridized carbons (Fsp3) is 0.